The Labute approximate surface area is 176 Å². The van der Waals surface area contributed by atoms with E-state index in [0.717, 1.165) is 46.3 Å². The smallest absolute Gasteiger partial charge is 0.260 e. The topological polar surface area (TPSA) is 46.9 Å². The molecule has 0 aliphatic heterocycles. The van der Waals surface area contributed by atoms with Gasteiger partial charge in [-0.15, -0.1) is 0 Å². The Morgan fingerprint density at radius 3 is 2.52 bits per heavy atom. The van der Waals surface area contributed by atoms with Gasteiger partial charge >= 0.3 is 0 Å². The molecule has 0 atom stereocenters. The van der Waals surface area contributed by atoms with E-state index in [9.17, 15) is 4.79 Å². The number of amides is 1. The Kier molecular flexibility index (Phi) is 6.87. The van der Waals surface area contributed by atoms with Gasteiger partial charge in [0.15, 0.2) is 5.13 Å². The van der Waals surface area contributed by atoms with Crippen LogP contribution < -0.4 is 14.5 Å². The molecule has 29 heavy (non-hydrogen) atoms. The Balaban J connectivity index is 1.97. The molecular formula is C23H30N3O2S+. The van der Waals surface area contributed by atoms with E-state index < -0.39 is 0 Å². The van der Waals surface area contributed by atoms with E-state index in [1.165, 1.54) is 21.8 Å². The number of aromatic nitrogens is 1. The number of aryl methyl sites for hydroxylation is 2. The summed E-state index contributed by atoms with van der Waals surface area (Å²) in [5, 5.41) is 0.739. The zero-order chi connectivity index (χ0) is 21.0. The van der Waals surface area contributed by atoms with E-state index in [1.807, 2.05) is 48.2 Å². The molecule has 2 aromatic carbocycles. The third-order valence-electron chi connectivity index (χ3n) is 5.50. The minimum Gasteiger partial charge on any atom is -0.497 e. The van der Waals surface area contributed by atoms with Gasteiger partial charge in [0, 0.05) is 5.56 Å². The van der Waals surface area contributed by atoms with E-state index in [-0.39, 0.29) is 5.91 Å². The van der Waals surface area contributed by atoms with Gasteiger partial charge in [-0.25, -0.2) is 4.98 Å². The van der Waals surface area contributed by atoms with Crippen LogP contribution in [-0.2, 0) is 0 Å². The second-order valence-electron chi connectivity index (χ2n) is 7.29. The van der Waals surface area contributed by atoms with Crippen LogP contribution in [0.2, 0.25) is 0 Å². The van der Waals surface area contributed by atoms with Gasteiger partial charge in [0.05, 0.1) is 43.5 Å². The van der Waals surface area contributed by atoms with Crippen LogP contribution >= 0.6 is 11.3 Å². The van der Waals surface area contributed by atoms with Crippen molar-refractivity contribution in [1.82, 2.24) is 4.98 Å². The molecule has 0 spiro atoms. The van der Waals surface area contributed by atoms with Gasteiger partial charge in [0.25, 0.3) is 5.91 Å². The highest BCUT2D eigenvalue weighted by Gasteiger charge is 2.23. The highest BCUT2D eigenvalue weighted by molar-refractivity contribution is 7.22. The van der Waals surface area contributed by atoms with E-state index in [0.29, 0.717) is 12.1 Å². The third kappa shape index (κ3) is 4.77. The van der Waals surface area contributed by atoms with Crippen molar-refractivity contribution in [3.63, 3.8) is 0 Å². The van der Waals surface area contributed by atoms with Crippen LogP contribution in [0.4, 0.5) is 5.13 Å². The van der Waals surface area contributed by atoms with Crippen molar-refractivity contribution in [1.29, 1.82) is 0 Å². The summed E-state index contributed by atoms with van der Waals surface area (Å²) in [5.74, 6) is 0.804. The highest BCUT2D eigenvalue weighted by Crippen LogP contribution is 2.32. The maximum absolute atomic E-state index is 13.5. The summed E-state index contributed by atoms with van der Waals surface area (Å²) in [6, 6.07) is 11.7. The molecule has 0 saturated heterocycles. The fraction of sp³-hybridized carbons (Fsp3) is 0.391. The molecule has 0 saturated carbocycles. The second-order valence-corrected chi connectivity index (χ2v) is 8.30. The van der Waals surface area contributed by atoms with Crippen LogP contribution in [0.5, 0.6) is 5.75 Å². The molecule has 3 rings (SSSR count). The van der Waals surface area contributed by atoms with Crippen LogP contribution in [0.15, 0.2) is 36.4 Å². The number of carbonyl (C=O) groups excluding carboxylic acids is 1. The number of hydrogen-bond acceptors (Lipinski definition) is 4. The summed E-state index contributed by atoms with van der Waals surface area (Å²) >= 11 is 1.54. The first-order valence-corrected chi connectivity index (χ1v) is 11.0. The number of likely N-dealkylation sites (N-methyl/N-ethyl adjacent to an activating group) is 1. The molecule has 1 amide bonds. The molecule has 1 heterocycles. The minimum absolute atomic E-state index is 0.00526. The van der Waals surface area contributed by atoms with Crippen molar-refractivity contribution in [2.45, 2.75) is 27.7 Å². The lowest BCUT2D eigenvalue weighted by atomic mass is 10.1. The summed E-state index contributed by atoms with van der Waals surface area (Å²) in [4.78, 5) is 21.5. The van der Waals surface area contributed by atoms with Gasteiger partial charge in [-0.05, 0) is 69.2 Å². The third-order valence-corrected chi connectivity index (χ3v) is 6.54. The van der Waals surface area contributed by atoms with E-state index in [1.54, 1.807) is 7.11 Å². The number of ether oxygens (including phenoxy) is 1. The number of rotatable bonds is 8. The van der Waals surface area contributed by atoms with Gasteiger partial charge in [-0.2, -0.15) is 0 Å². The molecule has 154 valence electrons. The monoisotopic (exact) mass is 412 g/mol. The number of nitrogens with zero attached hydrogens (tertiary/aromatic N) is 2. The van der Waals surface area contributed by atoms with Gasteiger partial charge in [-0.1, -0.05) is 17.4 Å². The van der Waals surface area contributed by atoms with E-state index >= 15 is 0 Å². The van der Waals surface area contributed by atoms with Gasteiger partial charge in [0.2, 0.25) is 0 Å². The zero-order valence-electron chi connectivity index (χ0n) is 17.9. The van der Waals surface area contributed by atoms with E-state index in [2.05, 4.69) is 20.8 Å². The number of anilines is 1. The van der Waals surface area contributed by atoms with Crippen LogP contribution in [0.1, 0.15) is 35.3 Å². The minimum atomic E-state index is 0.00526. The normalized spacial score (nSPS) is 11.2. The van der Waals surface area contributed by atoms with Crippen molar-refractivity contribution in [2.24, 2.45) is 0 Å². The first kappa shape index (κ1) is 21.3. The summed E-state index contributed by atoms with van der Waals surface area (Å²) < 4.78 is 6.36. The molecule has 3 aromatic rings. The van der Waals surface area contributed by atoms with Gasteiger partial charge in [-0.3, -0.25) is 9.69 Å². The molecule has 1 aromatic heterocycles. The average Bonchev–Trinajstić information content (AvgIpc) is 3.15. The lowest BCUT2D eigenvalue weighted by molar-refractivity contribution is -0.894. The van der Waals surface area contributed by atoms with E-state index in [4.69, 9.17) is 9.72 Å². The standard InChI is InChI=1S/C23H29N3O2S/c1-6-25(7-2)12-13-26(22(27)18-9-8-16(3)17(4)14-18)23-24-20-11-10-19(28-5)15-21(20)29-23/h8-11,14-15H,6-7,12-13H2,1-5H3/p+1. The lowest BCUT2D eigenvalue weighted by Crippen LogP contribution is -3.12. The van der Waals surface area contributed by atoms with Crippen LogP contribution in [0.25, 0.3) is 10.2 Å². The zero-order valence-corrected chi connectivity index (χ0v) is 18.7. The second kappa shape index (κ2) is 9.37. The van der Waals surface area contributed by atoms with Crippen molar-refractivity contribution in [3.05, 3.63) is 53.1 Å². The maximum Gasteiger partial charge on any atom is 0.260 e. The Bertz CT molecular complexity index is 995. The Morgan fingerprint density at radius 2 is 1.86 bits per heavy atom. The summed E-state index contributed by atoms with van der Waals surface area (Å²) in [5.41, 5.74) is 3.91. The fourth-order valence-electron chi connectivity index (χ4n) is 3.32. The van der Waals surface area contributed by atoms with Crippen LogP contribution in [0, 0.1) is 13.8 Å². The molecule has 0 unspecified atom stereocenters. The molecule has 1 N–H and O–H groups in total. The number of hydrogen-bond donors (Lipinski definition) is 1. The summed E-state index contributed by atoms with van der Waals surface area (Å²) in [6.45, 7) is 12.1. The average molecular weight is 413 g/mol. The van der Waals surface area contributed by atoms with Crippen molar-refractivity contribution >= 4 is 32.6 Å². The lowest BCUT2D eigenvalue weighted by Gasteiger charge is -2.23. The Morgan fingerprint density at radius 1 is 1.10 bits per heavy atom. The first-order valence-electron chi connectivity index (χ1n) is 10.1. The fourth-order valence-corrected chi connectivity index (χ4v) is 4.34. The molecular weight excluding hydrogens is 382 g/mol. The highest BCUT2D eigenvalue weighted by atomic mass is 32.1. The predicted octanol–water partition coefficient (Wildman–Crippen LogP) is 3.49. The first-order chi connectivity index (χ1) is 14.0. The number of methoxy groups -OCH3 is 1. The number of carbonyl (C=O) groups is 1. The molecule has 0 bridgehead atoms. The number of nitrogens with one attached hydrogen (secondary N) is 1. The molecule has 5 nitrogen and oxygen atoms in total. The maximum atomic E-state index is 13.5. The predicted molar refractivity (Wildman–Crippen MR) is 121 cm³/mol. The number of quaternary nitrogens is 1. The number of benzene rings is 2. The van der Waals surface area contributed by atoms with Crippen molar-refractivity contribution in [3.8, 4) is 5.75 Å². The molecule has 0 aliphatic carbocycles. The van der Waals surface area contributed by atoms with Gasteiger partial charge in [0.1, 0.15) is 5.75 Å². The number of fused-ring (bicyclic) bond motifs is 1. The van der Waals surface area contributed by atoms with Crippen LogP contribution in [0.3, 0.4) is 0 Å². The largest absolute Gasteiger partial charge is 0.497 e. The summed E-state index contributed by atoms with van der Waals surface area (Å²) in [6.07, 6.45) is 0. The van der Waals surface area contributed by atoms with Crippen LogP contribution in [-0.4, -0.2) is 44.2 Å². The molecule has 0 radical (unpaired) electrons. The van der Waals surface area contributed by atoms with Crippen molar-refractivity contribution in [2.75, 3.05) is 38.2 Å². The Hall–Kier alpha value is -2.44. The number of thiazole rings is 1. The van der Waals surface area contributed by atoms with Crippen molar-refractivity contribution < 1.29 is 14.4 Å². The molecule has 0 aliphatic rings. The SMILES string of the molecule is CC[NH+](CC)CCN(C(=O)c1ccc(C)c(C)c1)c1nc2ccc(OC)cc2s1. The molecule has 6 heteroatoms. The van der Waals surface area contributed by atoms with Gasteiger partial charge < -0.3 is 9.64 Å². The molecule has 0 fully saturated rings. The summed E-state index contributed by atoms with van der Waals surface area (Å²) in [7, 11) is 1.66. The quantitative estimate of drug-likeness (QED) is 0.616.